The van der Waals surface area contributed by atoms with Gasteiger partial charge in [-0.2, -0.15) is 0 Å². The molecule has 0 bridgehead atoms. The lowest BCUT2D eigenvalue weighted by Crippen LogP contribution is -2.36. The van der Waals surface area contributed by atoms with E-state index in [0.717, 1.165) is 53.8 Å². The van der Waals surface area contributed by atoms with Crippen LogP contribution in [-0.2, 0) is 11.8 Å². The van der Waals surface area contributed by atoms with E-state index in [2.05, 4.69) is 39.4 Å². The van der Waals surface area contributed by atoms with Crippen LogP contribution in [0.3, 0.4) is 0 Å². The van der Waals surface area contributed by atoms with Crippen LogP contribution in [0.15, 0.2) is 24.4 Å². The van der Waals surface area contributed by atoms with Gasteiger partial charge in [-0.25, -0.2) is 9.97 Å². The Hall–Kier alpha value is -2.93. The second-order valence-electron chi connectivity index (χ2n) is 8.46. The highest BCUT2D eigenvalue weighted by molar-refractivity contribution is 6.01. The van der Waals surface area contributed by atoms with Crippen LogP contribution in [0, 0.1) is 0 Å². The van der Waals surface area contributed by atoms with Crippen LogP contribution in [0.5, 0.6) is 0 Å². The summed E-state index contributed by atoms with van der Waals surface area (Å²) in [5, 5.41) is 7.47. The molecule has 7 nitrogen and oxygen atoms in total. The quantitative estimate of drug-likeness (QED) is 0.548. The fourth-order valence-corrected chi connectivity index (χ4v) is 4.59. The van der Waals surface area contributed by atoms with Gasteiger partial charge in [0.05, 0.1) is 11.4 Å². The maximum Gasteiger partial charge on any atom is 0.251 e. The van der Waals surface area contributed by atoms with Gasteiger partial charge in [0.2, 0.25) is 5.95 Å². The molecule has 1 saturated heterocycles. The number of nitrogens with one attached hydrogen (secondary N) is 3. The van der Waals surface area contributed by atoms with Gasteiger partial charge in [0.15, 0.2) is 0 Å². The third-order valence-electron chi connectivity index (χ3n) is 5.89. The average molecular weight is 376 g/mol. The first kappa shape index (κ1) is 17.2. The summed E-state index contributed by atoms with van der Waals surface area (Å²) in [6, 6.07) is 6.06. The minimum Gasteiger partial charge on any atom is -0.368 e. The Labute approximate surface area is 163 Å². The highest BCUT2D eigenvalue weighted by Gasteiger charge is 2.35. The Morgan fingerprint density at radius 1 is 1.36 bits per heavy atom. The maximum absolute atomic E-state index is 12.8. The van der Waals surface area contributed by atoms with Crippen LogP contribution >= 0.6 is 0 Å². The first-order valence-electron chi connectivity index (χ1n) is 9.72. The molecule has 1 aromatic carbocycles. The van der Waals surface area contributed by atoms with Crippen molar-refractivity contribution in [1.82, 2.24) is 25.6 Å². The number of aromatic nitrogens is 3. The molecular formula is C21H24N6O. The topological polar surface area (TPSA) is 109 Å². The van der Waals surface area contributed by atoms with Crippen molar-refractivity contribution in [3.8, 4) is 11.4 Å². The average Bonchev–Trinajstić information content (AvgIpc) is 3.29. The molecule has 1 amide bonds. The Morgan fingerprint density at radius 2 is 2.21 bits per heavy atom. The number of amides is 1. The van der Waals surface area contributed by atoms with Crippen molar-refractivity contribution in [2.45, 2.75) is 38.1 Å². The number of anilines is 1. The molecule has 2 aliphatic rings. The largest absolute Gasteiger partial charge is 0.368 e. The van der Waals surface area contributed by atoms with E-state index in [1.165, 1.54) is 5.56 Å². The number of nitrogens with two attached hydrogens (primary N) is 1. The smallest absolute Gasteiger partial charge is 0.251 e. The van der Waals surface area contributed by atoms with E-state index in [1.54, 1.807) is 0 Å². The SMILES string of the molecule is CC1(C)Cc2cnc(N)nc2-c2[nH]c3ccc(C(=O)NC4CCNC4)cc3c21. The summed E-state index contributed by atoms with van der Waals surface area (Å²) < 4.78 is 0. The second kappa shape index (κ2) is 6.04. The van der Waals surface area contributed by atoms with Gasteiger partial charge in [-0.05, 0) is 54.1 Å². The number of carbonyl (C=O) groups excluding carboxylic acids is 1. The Balaban J connectivity index is 1.62. The molecule has 144 valence electrons. The number of benzene rings is 1. The summed E-state index contributed by atoms with van der Waals surface area (Å²) >= 11 is 0. The zero-order valence-corrected chi connectivity index (χ0v) is 16.1. The predicted octanol–water partition coefficient (Wildman–Crippen LogP) is 2.13. The van der Waals surface area contributed by atoms with Gasteiger partial charge in [-0.1, -0.05) is 13.8 Å². The standard InChI is InChI=1S/C21H24N6O/c1-21(2)8-12-9-24-20(22)27-17(12)18-16(21)14-7-11(3-4-15(14)26-18)19(28)25-13-5-6-23-10-13/h3-4,7,9,13,23,26H,5-6,8,10H2,1-2H3,(H,25,28)(H2,22,24,27). The molecule has 0 saturated carbocycles. The molecule has 0 radical (unpaired) electrons. The Bertz CT molecular complexity index is 1090. The summed E-state index contributed by atoms with van der Waals surface area (Å²) in [5.74, 6) is 0.249. The van der Waals surface area contributed by atoms with Crippen LogP contribution < -0.4 is 16.4 Å². The summed E-state index contributed by atoms with van der Waals surface area (Å²) in [5.41, 5.74) is 11.5. The molecule has 1 aliphatic heterocycles. The third-order valence-corrected chi connectivity index (χ3v) is 5.89. The highest BCUT2D eigenvalue weighted by atomic mass is 16.1. The first-order chi connectivity index (χ1) is 13.4. The van der Waals surface area contributed by atoms with Gasteiger partial charge in [-0.15, -0.1) is 0 Å². The summed E-state index contributed by atoms with van der Waals surface area (Å²) in [6.07, 6.45) is 3.62. The zero-order valence-electron chi connectivity index (χ0n) is 16.1. The van der Waals surface area contributed by atoms with Crippen LogP contribution in [0.4, 0.5) is 5.95 Å². The van der Waals surface area contributed by atoms with Crippen LogP contribution in [0.25, 0.3) is 22.3 Å². The lowest BCUT2D eigenvalue weighted by atomic mass is 9.73. The van der Waals surface area contributed by atoms with Gasteiger partial charge < -0.3 is 21.4 Å². The van der Waals surface area contributed by atoms with Crippen molar-refractivity contribution in [3.63, 3.8) is 0 Å². The van der Waals surface area contributed by atoms with Crippen molar-refractivity contribution < 1.29 is 4.79 Å². The fourth-order valence-electron chi connectivity index (χ4n) is 4.59. The van der Waals surface area contributed by atoms with Gasteiger partial charge in [-0.3, -0.25) is 4.79 Å². The molecule has 28 heavy (non-hydrogen) atoms. The Morgan fingerprint density at radius 3 is 3.00 bits per heavy atom. The number of nitrogens with zero attached hydrogens (tertiary/aromatic N) is 2. The molecule has 1 aliphatic carbocycles. The lowest BCUT2D eigenvalue weighted by Gasteiger charge is -2.31. The number of rotatable bonds is 2. The lowest BCUT2D eigenvalue weighted by molar-refractivity contribution is 0.0940. The molecule has 7 heteroatoms. The molecule has 2 aromatic heterocycles. The Kier molecular flexibility index (Phi) is 3.71. The van der Waals surface area contributed by atoms with Gasteiger partial charge in [0.25, 0.3) is 5.91 Å². The van der Waals surface area contributed by atoms with Crippen molar-refractivity contribution in [2.75, 3.05) is 18.8 Å². The van der Waals surface area contributed by atoms with Crippen LogP contribution in [0.2, 0.25) is 0 Å². The monoisotopic (exact) mass is 376 g/mol. The molecule has 0 spiro atoms. The van der Waals surface area contributed by atoms with E-state index in [1.807, 2.05) is 24.4 Å². The fraction of sp³-hybridized carbons (Fsp3) is 0.381. The van der Waals surface area contributed by atoms with E-state index in [0.29, 0.717) is 5.56 Å². The first-order valence-corrected chi connectivity index (χ1v) is 9.72. The molecule has 3 aromatic rings. The number of H-pyrrole nitrogens is 1. The normalized spacial score (nSPS) is 20.0. The molecule has 1 unspecified atom stereocenters. The van der Waals surface area contributed by atoms with Crippen LogP contribution in [0.1, 0.15) is 41.8 Å². The van der Waals surface area contributed by atoms with E-state index in [9.17, 15) is 4.79 Å². The molecule has 5 rings (SSSR count). The van der Waals surface area contributed by atoms with E-state index in [4.69, 9.17) is 5.73 Å². The van der Waals surface area contributed by atoms with Crippen molar-refractivity contribution in [3.05, 3.63) is 41.1 Å². The number of hydrogen-bond acceptors (Lipinski definition) is 5. The molecule has 1 fully saturated rings. The molecule has 3 heterocycles. The predicted molar refractivity (Wildman–Crippen MR) is 109 cm³/mol. The van der Waals surface area contributed by atoms with Crippen molar-refractivity contribution >= 4 is 22.8 Å². The third kappa shape index (κ3) is 2.65. The molecular weight excluding hydrogens is 352 g/mol. The van der Waals surface area contributed by atoms with E-state index >= 15 is 0 Å². The number of aromatic amines is 1. The summed E-state index contributed by atoms with van der Waals surface area (Å²) in [6.45, 7) is 6.22. The number of nitrogen functional groups attached to an aromatic ring is 1. The van der Waals surface area contributed by atoms with E-state index in [-0.39, 0.29) is 23.3 Å². The maximum atomic E-state index is 12.8. The number of fused-ring (bicyclic) bond motifs is 5. The van der Waals surface area contributed by atoms with Crippen molar-refractivity contribution in [1.29, 1.82) is 0 Å². The van der Waals surface area contributed by atoms with Crippen molar-refractivity contribution in [2.24, 2.45) is 0 Å². The minimum absolute atomic E-state index is 0.0221. The summed E-state index contributed by atoms with van der Waals surface area (Å²) in [4.78, 5) is 24.9. The van der Waals surface area contributed by atoms with Crippen LogP contribution in [-0.4, -0.2) is 40.0 Å². The molecule has 5 N–H and O–H groups in total. The zero-order chi connectivity index (χ0) is 19.5. The van der Waals surface area contributed by atoms with E-state index < -0.39 is 0 Å². The summed E-state index contributed by atoms with van der Waals surface area (Å²) in [7, 11) is 0. The van der Waals surface area contributed by atoms with Gasteiger partial charge in [0.1, 0.15) is 0 Å². The number of hydrogen-bond donors (Lipinski definition) is 4. The number of carbonyl (C=O) groups is 1. The highest BCUT2D eigenvalue weighted by Crippen LogP contribution is 2.45. The second-order valence-corrected chi connectivity index (χ2v) is 8.46. The minimum atomic E-state index is -0.107. The van der Waals surface area contributed by atoms with Gasteiger partial charge >= 0.3 is 0 Å². The molecule has 1 atom stereocenters. The van der Waals surface area contributed by atoms with Gasteiger partial charge in [0, 0.05) is 35.2 Å².